The molecule has 3 aliphatic carbocycles. The Hall–Kier alpha value is -3.75. The number of ether oxygens (including phenoxy) is 2. The second kappa shape index (κ2) is 11.4. The van der Waals surface area contributed by atoms with Crippen LogP contribution in [-0.2, 0) is 30.7 Å². The Labute approximate surface area is 248 Å². The van der Waals surface area contributed by atoms with Gasteiger partial charge in [0.15, 0.2) is 11.5 Å². The summed E-state index contributed by atoms with van der Waals surface area (Å²) in [6, 6.07) is 9.31. The number of carboxylic acids is 1. The van der Waals surface area contributed by atoms with Crippen LogP contribution < -0.4 is 14.6 Å². The largest absolute Gasteiger partial charge is 0.493 e. The van der Waals surface area contributed by atoms with Crippen molar-refractivity contribution in [2.45, 2.75) is 64.1 Å². The van der Waals surface area contributed by atoms with Crippen LogP contribution in [-0.4, -0.2) is 55.3 Å². The molecule has 5 atom stereocenters. The maximum Gasteiger partial charge on any atom is 0.333 e. The smallest absolute Gasteiger partial charge is 0.333 e. The van der Waals surface area contributed by atoms with E-state index in [4.69, 9.17) is 33.4 Å². The molecule has 0 bridgehead atoms. The Balaban J connectivity index is 1.33. The van der Waals surface area contributed by atoms with Crippen LogP contribution in [0.3, 0.4) is 0 Å². The molecule has 1 heterocycles. The molecule has 0 saturated heterocycles. The van der Waals surface area contributed by atoms with Crippen molar-refractivity contribution in [1.82, 2.24) is 10.3 Å². The van der Waals surface area contributed by atoms with Gasteiger partial charge in [-0.15, -0.1) is 0 Å². The van der Waals surface area contributed by atoms with Crippen LogP contribution in [0.25, 0.3) is 11.0 Å². The Kier molecular flexibility index (Phi) is 7.77. The Morgan fingerprint density at radius 2 is 1.98 bits per heavy atom. The summed E-state index contributed by atoms with van der Waals surface area (Å²) in [6.45, 7) is 2.29. The molecule has 1 aromatic heterocycles. The molecule has 3 aromatic rings. The fraction of sp³-hybridized carbons (Fsp3) is 0.517. The summed E-state index contributed by atoms with van der Waals surface area (Å²) in [4.78, 5) is 17.0. The minimum absolute atomic E-state index is 0.00917. The number of hydrogen-bond acceptors (Lipinski definition) is 11. The van der Waals surface area contributed by atoms with Crippen LogP contribution in [0, 0.1) is 17.3 Å². The zero-order chi connectivity index (χ0) is 30.4. The fourth-order valence-electron chi connectivity index (χ4n) is 7.41. The first-order valence-corrected chi connectivity index (χ1v) is 15.7. The first-order chi connectivity index (χ1) is 20.6. The lowest BCUT2D eigenvalue weighted by Crippen LogP contribution is -2.46. The number of methoxy groups -OCH3 is 1. The third-order valence-corrected chi connectivity index (χ3v) is 9.87. The number of hydrogen-bond donors (Lipinski definition) is 2. The molecule has 0 aliphatic heterocycles. The maximum absolute atomic E-state index is 11.9. The lowest BCUT2D eigenvalue weighted by Gasteiger charge is -2.50. The molecule has 0 radical (unpaired) electrons. The number of fused-ring (bicyclic) bond motifs is 6. The van der Waals surface area contributed by atoms with Gasteiger partial charge in [-0.25, -0.2) is 9.77 Å². The summed E-state index contributed by atoms with van der Waals surface area (Å²) < 4.78 is 45.4. The maximum atomic E-state index is 11.9. The van der Waals surface area contributed by atoms with E-state index in [0.717, 1.165) is 41.7 Å². The van der Waals surface area contributed by atoms with Crippen LogP contribution in [0.15, 0.2) is 40.1 Å². The van der Waals surface area contributed by atoms with Crippen molar-refractivity contribution < 1.29 is 41.4 Å². The van der Waals surface area contributed by atoms with E-state index in [9.17, 15) is 13.2 Å². The molecule has 43 heavy (non-hydrogen) atoms. The highest BCUT2D eigenvalue weighted by molar-refractivity contribution is 7.84. The lowest BCUT2D eigenvalue weighted by molar-refractivity contribution is -0.137. The van der Waals surface area contributed by atoms with Crippen molar-refractivity contribution in [3.63, 3.8) is 0 Å². The number of carbonyl (C=O) groups is 1. The Morgan fingerprint density at radius 3 is 2.74 bits per heavy atom. The van der Waals surface area contributed by atoms with E-state index in [1.165, 1.54) is 0 Å². The van der Waals surface area contributed by atoms with Crippen LogP contribution in [0.5, 0.6) is 11.5 Å². The van der Waals surface area contributed by atoms with Crippen molar-refractivity contribution in [3.8, 4) is 11.5 Å². The average molecular weight is 615 g/mol. The molecule has 3 aliphatic rings. The first-order valence-electron chi connectivity index (χ1n) is 14.2. The van der Waals surface area contributed by atoms with Crippen molar-refractivity contribution in [2.75, 3.05) is 13.7 Å². The highest BCUT2D eigenvalue weighted by atomic mass is 32.2. The van der Waals surface area contributed by atoms with Crippen molar-refractivity contribution in [2.24, 2.45) is 27.5 Å². The van der Waals surface area contributed by atoms with E-state index in [2.05, 4.69) is 22.4 Å². The fourth-order valence-corrected chi connectivity index (χ4v) is 8.04. The third-order valence-electron chi connectivity index (χ3n) is 9.37. The summed E-state index contributed by atoms with van der Waals surface area (Å²) in [5.74, 6) is 0.487. The molecule has 2 saturated carbocycles. The number of oxime groups is 1. The SMILES string of the molecule is COc1cc2c(cc1OCCC(=O)O)/C(=N/OCc1ccc3nonc3c1)CC1C2CC[C@@]2(C)C1CC[C@@H]2OS(N)(=O)=O. The minimum Gasteiger partial charge on any atom is -0.493 e. The second-order valence-corrected chi connectivity index (χ2v) is 12.9. The van der Waals surface area contributed by atoms with Crippen LogP contribution in [0.4, 0.5) is 0 Å². The van der Waals surface area contributed by atoms with E-state index < -0.39 is 22.4 Å². The van der Waals surface area contributed by atoms with E-state index in [1.54, 1.807) is 13.2 Å². The van der Waals surface area contributed by atoms with Crippen LogP contribution >= 0.6 is 0 Å². The van der Waals surface area contributed by atoms with Gasteiger partial charge in [0, 0.05) is 5.56 Å². The van der Waals surface area contributed by atoms with Gasteiger partial charge in [0.2, 0.25) is 0 Å². The summed E-state index contributed by atoms with van der Waals surface area (Å²) >= 11 is 0. The van der Waals surface area contributed by atoms with Gasteiger partial charge in [-0.05, 0) is 101 Å². The normalized spacial score (nSPS) is 27.4. The number of nitrogens with two attached hydrogens (primary N) is 1. The molecule has 2 fully saturated rings. The molecule has 0 spiro atoms. The monoisotopic (exact) mass is 614 g/mol. The van der Waals surface area contributed by atoms with E-state index in [0.29, 0.717) is 35.4 Å². The van der Waals surface area contributed by atoms with E-state index in [1.807, 2.05) is 24.3 Å². The molecule has 2 aromatic carbocycles. The van der Waals surface area contributed by atoms with Gasteiger partial charge in [-0.3, -0.25) is 8.98 Å². The molecule has 6 rings (SSSR count). The van der Waals surface area contributed by atoms with Gasteiger partial charge >= 0.3 is 16.3 Å². The molecule has 14 heteroatoms. The highest BCUT2D eigenvalue weighted by Crippen LogP contribution is 2.62. The zero-order valence-corrected chi connectivity index (χ0v) is 24.7. The van der Waals surface area contributed by atoms with Gasteiger partial charge in [-0.2, -0.15) is 8.42 Å². The number of aliphatic carboxylic acids is 1. The summed E-state index contributed by atoms with van der Waals surface area (Å²) in [6.07, 6.45) is 2.98. The quantitative estimate of drug-likeness (QED) is 0.315. The third kappa shape index (κ3) is 5.78. The van der Waals surface area contributed by atoms with Crippen LogP contribution in [0.2, 0.25) is 0 Å². The van der Waals surface area contributed by atoms with Crippen molar-refractivity contribution in [1.29, 1.82) is 0 Å². The predicted molar refractivity (Wildman–Crippen MR) is 153 cm³/mol. The minimum atomic E-state index is -4.09. The standard InChI is InChI=1S/C29H34N4O9S/c1-29-9-7-17-18-13-25(38-2)26(39-10-8-28(34)35)14-20(18)23(12-19(17)21(29)4-6-27(29)41-43(30,36)37)31-40-15-16-3-5-22-24(11-16)33-42-32-22/h3,5,11,13-14,17,19,21,27H,4,6-10,12,15H2,1-2H3,(H,34,35)(H2,30,36,37)/b31-23+/t17?,19?,21?,27-,29-/m0/s1. The Morgan fingerprint density at radius 1 is 1.16 bits per heavy atom. The van der Waals surface area contributed by atoms with Gasteiger partial charge < -0.3 is 19.4 Å². The number of rotatable bonds is 10. The first kappa shape index (κ1) is 29.3. The molecule has 13 nitrogen and oxygen atoms in total. The van der Waals surface area contributed by atoms with Gasteiger partial charge in [0.05, 0.1) is 32.0 Å². The van der Waals surface area contributed by atoms with Crippen molar-refractivity contribution >= 4 is 33.0 Å². The summed E-state index contributed by atoms with van der Waals surface area (Å²) in [7, 11) is -2.53. The molecule has 3 N–H and O–H groups in total. The molecule has 0 amide bonds. The number of carboxylic acid groups (broad SMARTS) is 1. The predicted octanol–water partition coefficient (Wildman–Crippen LogP) is 3.91. The summed E-state index contributed by atoms with van der Waals surface area (Å²) in [5.41, 5.74) is 4.39. The van der Waals surface area contributed by atoms with Gasteiger partial charge in [0.1, 0.15) is 17.6 Å². The number of benzene rings is 2. The van der Waals surface area contributed by atoms with E-state index in [-0.39, 0.29) is 42.8 Å². The second-order valence-electron chi connectivity index (χ2n) is 11.8. The van der Waals surface area contributed by atoms with Crippen LogP contribution in [0.1, 0.15) is 68.1 Å². The lowest BCUT2D eigenvalue weighted by atomic mass is 9.55. The van der Waals surface area contributed by atoms with Gasteiger partial charge in [0.25, 0.3) is 0 Å². The molecular formula is C29H34N4O9S. The zero-order valence-electron chi connectivity index (χ0n) is 23.9. The number of aromatic nitrogens is 2. The topological polar surface area (TPSA) is 186 Å². The highest BCUT2D eigenvalue weighted by Gasteiger charge is 2.57. The molecule has 3 unspecified atom stereocenters. The molecular weight excluding hydrogens is 580 g/mol. The summed E-state index contributed by atoms with van der Waals surface area (Å²) in [5, 5.41) is 26.7. The Bertz CT molecular complexity index is 1670. The average Bonchev–Trinajstić information content (AvgIpc) is 3.55. The number of nitrogens with zero attached hydrogens (tertiary/aromatic N) is 3. The van der Waals surface area contributed by atoms with Crippen molar-refractivity contribution in [3.05, 3.63) is 47.0 Å². The van der Waals surface area contributed by atoms with Gasteiger partial charge in [-0.1, -0.05) is 18.1 Å². The molecule has 230 valence electrons. The van der Waals surface area contributed by atoms with E-state index >= 15 is 0 Å².